The third kappa shape index (κ3) is 3.74. The molecule has 0 spiro atoms. The lowest BCUT2D eigenvalue weighted by molar-refractivity contribution is -0.184. The SMILES string of the molecule is CCc1ccc(-c2c(F)cc(Cl)cc2F)cc1C1C(=O)C(C)(C)OC(C)(C)C1=O. The molecule has 0 atom stereocenters. The quantitative estimate of drug-likeness (QED) is 0.602. The number of carbonyl (C=O) groups is 2. The van der Waals surface area contributed by atoms with Gasteiger partial charge in [0, 0.05) is 5.02 Å². The third-order valence-corrected chi connectivity index (χ3v) is 5.57. The highest BCUT2D eigenvalue weighted by Gasteiger charge is 2.53. The van der Waals surface area contributed by atoms with E-state index in [0.29, 0.717) is 12.0 Å². The van der Waals surface area contributed by atoms with Gasteiger partial charge in [-0.3, -0.25) is 9.59 Å². The molecule has 0 aromatic heterocycles. The Kier molecular flexibility index (Phi) is 5.43. The second-order valence-electron chi connectivity index (χ2n) is 8.30. The molecule has 0 bridgehead atoms. The summed E-state index contributed by atoms with van der Waals surface area (Å²) in [7, 11) is 0. The van der Waals surface area contributed by atoms with Crippen molar-refractivity contribution in [3.05, 3.63) is 58.1 Å². The summed E-state index contributed by atoms with van der Waals surface area (Å²) in [4.78, 5) is 26.3. The second-order valence-corrected chi connectivity index (χ2v) is 8.73. The van der Waals surface area contributed by atoms with Crippen LogP contribution in [0.3, 0.4) is 0 Å². The lowest BCUT2D eigenvalue weighted by atomic mass is 9.73. The molecule has 0 amide bonds. The molecule has 0 aliphatic carbocycles. The minimum Gasteiger partial charge on any atom is -0.354 e. The summed E-state index contributed by atoms with van der Waals surface area (Å²) in [5, 5.41) is -0.0487. The summed E-state index contributed by atoms with van der Waals surface area (Å²) in [6.45, 7) is 8.41. The highest BCUT2D eigenvalue weighted by Crippen LogP contribution is 2.41. The summed E-state index contributed by atoms with van der Waals surface area (Å²) >= 11 is 5.73. The maximum Gasteiger partial charge on any atom is 0.179 e. The van der Waals surface area contributed by atoms with Gasteiger partial charge in [-0.25, -0.2) is 8.78 Å². The van der Waals surface area contributed by atoms with Crippen molar-refractivity contribution < 1.29 is 23.1 Å². The number of aryl methyl sites for hydroxylation is 1. The van der Waals surface area contributed by atoms with E-state index in [1.165, 1.54) is 6.07 Å². The number of hydrogen-bond acceptors (Lipinski definition) is 3. The Hall–Kier alpha value is -2.11. The fourth-order valence-electron chi connectivity index (χ4n) is 3.99. The van der Waals surface area contributed by atoms with Gasteiger partial charge in [0.1, 0.15) is 28.8 Å². The van der Waals surface area contributed by atoms with Gasteiger partial charge in [0.05, 0.1) is 5.56 Å². The molecular weight excluding hydrogens is 398 g/mol. The Morgan fingerprint density at radius 3 is 1.97 bits per heavy atom. The zero-order valence-corrected chi connectivity index (χ0v) is 17.8. The Morgan fingerprint density at radius 2 is 1.48 bits per heavy atom. The molecule has 154 valence electrons. The molecule has 1 heterocycles. The molecule has 1 saturated heterocycles. The predicted molar refractivity (Wildman–Crippen MR) is 108 cm³/mol. The van der Waals surface area contributed by atoms with Crippen molar-refractivity contribution in [2.75, 3.05) is 0 Å². The summed E-state index contributed by atoms with van der Waals surface area (Å²) in [5.41, 5.74) is -1.11. The van der Waals surface area contributed by atoms with Crippen molar-refractivity contribution in [2.24, 2.45) is 0 Å². The van der Waals surface area contributed by atoms with Crippen LogP contribution in [0.4, 0.5) is 8.78 Å². The van der Waals surface area contributed by atoms with E-state index < -0.39 is 28.8 Å². The zero-order chi connectivity index (χ0) is 21.7. The number of benzene rings is 2. The molecule has 3 nitrogen and oxygen atoms in total. The molecule has 0 unspecified atom stereocenters. The van der Waals surface area contributed by atoms with Crippen LogP contribution in [0.25, 0.3) is 11.1 Å². The van der Waals surface area contributed by atoms with Gasteiger partial charge in [-0.1, -0.05) is 30.7 Å². The maximum absolute atomic E-state index is 14.5. The first-order chi connectivity index (χ1) is 13.4. The van der Waals surface area contributed by atoms with Crippen LogP contribution >= 0.6 is 11.6 Å². The van der Waals surface area contributed by atoms with Crippen molar-refractivity contribution in [3.63, 3.8) is 0 Å². The molecular formula is C23H23ClF2O3. The molecule has 2 aromatic carbocycles. The standard InChI is InChI=1S/C23H23ClF2O3/c1-6-12-7-8-13(18-16(25)10-14(24)11-17(18)26)9-15(12)19-20(27)22(2,3)29-23(4,5)21(19)28/h7-11,19H,6H2,1-5H3. The van der Waals surface area contributed by atoms with Gasteiger partial charge in [0.15, 0.2) is 11.6 Å². The average molecular weight is 421 g/mol. The van der Waals surface area contributed by atoms with Gasteiger partial charge in [0.2, 0.25) is 0 Å². The van der Waals surface area contributed by atoms with E-state index in [0.717, 1.165) is 17.7 Å². The van der Waals surface area contributed by atoms with Gasteiger partial charge in [-0.05, 0) is 69.0 Å². The smallest absolute Gasteiger partial charge is 0.179 e. The van der Waals surface area contributed by atoms with E-state index in [2.05, 4.69) is 0 Å². The van der Waals surface area contributed by atoms with Gasteiger partial charge >= 0.3 is 0 Å². The summed E-state index contributed by atoms with van der Waals surface area (Å²) in [6, 6.07) is 6.89. The Bertz CT molecular complexity index is 962. The fraction of sp³-hybridized carbons (Fsp3) is 0.391. The number of ether oxygens (including phenoxy) is 1. The first-order valence-corrected chi connectivity index (χ1v) is 9.83. The van der Waals surface area contributed by atoms with Gasteiger partial charge in [-0.2, -0.15) is 0 Å². The molecule has 0 saturated carbocycles. The monoisotopic (exact) mass is 420 g/mol. The zero-order valence-electron chi connectivity index (χ0n) is 17.0. The van der Waals surface area contributed by atoms with Crippen LogP contribution in [0.5, 0.6) is 0 Å². The average Bonchev–Trinajstić information content (AvgIpc) is 2.59. The van der Waals surface area contributed by atoms with Crippen LogP contribution in [-0.2, 0) is 20.7 Å². The summed E-state index contributed by atoms with van der Waals surface area (Å²) in [5.74, 6) is -3.43. The third-order valence-electron chi connectivity index (χ3n) is 5.35. The lowest BCUT2D eigenvalue weighted by Gasteiger charge is -2.43. The Morgan fingerprint density at radius 1 is 0.966 bits per heavy atom. The van der Waals surface area contributed by atoms with E-state index in [4.69, 9.17) is 16.3 Å². The fourth-order valence-corrected chi connectivity index (χ4v) is 4.19. The largest absolute Gasteiger partial charge is 0.354 e. The predicted octanol–water partition coefficient (Wildman–Crippen LogP) is 5.66. The maximum atomic E-state index is 14.5. The molecule has 0 radical (unpaired) electrons. The number of carbonyl (C=O) groups excluding carboxylic acids is 2. The van der Waals surface area contributed by atoms with Crippen molar-refractivity contribution in [1.82, 2.24) is 0 Å². The van der Waals surface area contributed by atoms with Crippen molar-refractivity contribution in [1.29, 1.82) is 0 Å². The van der Waals surface area contributed by atoms with Crippen LogP contribution in [0, 0.1) is 11.6 Å². The van der Waals surface area contributed by atoms with Gasteiger partial charge in [0.25, 0.3) is 0 Å². The second kappa shape index (κ2) is 7.29. The number of Topliss-reactive ketones (excluding diaryl/α,β-unsaturated/α-hetero) is 2. The normalized spacial score (nSPS) is 18.9. The van der Waals surface area contributed by atoms with E-state index >= 15 is 0 Å². The first-order valence-electron chi connectivity index (χ1n) is 9.45. The van der Waals surface area contributed by atoms with E-state index in [-0.39, 0.29) is 27.7 Å². The van der Waals surface area contributed by atoms with Crippen LogP contribution in [0.15, 0.2) is 30.3 Å². The molecule has 6 heteroatoms. The Labute approximate surface area is 174 Å². The Balaban J connectivity index is 2.23. The number of ketones is 2. The van der Waals surface area contributed by atoms with Gasteiger partial charge in [-0.15, -0.1) is 0 Å². The number of hydrogen-bond donors (Lipinski definition) is 0. The lowest BCUT2D eigenvalue weighted by Crippen LogP contribution is -2.58. The topological polar surface area (TPSA) is 43.4 Å². The molecule has 0 N–H and O–H groups in total. The molecule has 1 aliphatic heterocycles. The molecule has 2 aromatic rings. The number of rotatable bonds is 3. The van der Waals surface area contributed by atoms with Crippen molar-refractivity contribution in [2.45, 2.75) is 58.2 Å². The van der Waals surface area contributed by atoms with E-state index in [9.17, 15) is 18.4 Å². The summed E-state index contributed by atoms with van der Waals surface area (Å²) in [6.07, 6.45) is 0.556. The van der Waals surface area contributed by atoms with Gasteiger partial charge < -0.3 is 4.74 Å². The number of halogens is 3. The highest BCUT2D eigenvalue weighted by atomic mass is 35.5. The minimum atomic E-state index is -1.17. The first kappa shape index (κ1) is 21.6. The van der Waals surface area contributed by atoms with Crippen LogP contribution in [0.2, 0.25) is 5.02 Å². The van der Waals surface area contributed by atoms with Crippen molar-refractivity contribution >= 4 is 23.2 Å². The summed E-state index contributed by atoms with van der Waals surface area (Å²) < 4.78 is 34.7. The minimum absolute atomic E-state index is 0.0487. The highest BCUT2D eigenvalue weighted by molar-refractivity contribution is 6.30. The van der Waals surface area contributed by atoms with Crippen LogP contribution in [0.1, 0.15) is 51.7 Å². The van der Waals surface area contributed by atoms with Crippen LogP contribution < -0.4 is 0 Å². The molecule has 1 aliphatic rings. The molecule has 29 heavy (non-hydrogen) atoms. The van der Waals surface area contributed by atoms with E-state index in [1.54, 1.807) is 39.8 Å². The molecule has 3 rings (SSSR count). The van der Waals surface area contributed by atoms with Crippen LogP contribution in [-0.4, -0.2) is 22.8 Å². The van der Waals surface area contributed by atoms with Crippen molar-refractivity contribution in [3.8, 4) is 11.1 Å². The molecule has 1 fully saturated rings. The van der Waals surface area contributed by atoms with E-state index in [1.807, 2.05) is 6.92 Å².